The van der Waals surface area contributed by atoms with Gasteiger partial charge in [0, 0.05) is 24.5 Å². The van der Waals surface area contributed by atoms with Crippen molar-refractivity contribution in [1.82, 2.24) is 15.0 Å². The summed E-state index contributed by atoms with van der Waals surface area (Å²) in [6.07, 6.45) is 1.81. The Morgan fingerprint density at radius 2 is 2.00 bits per heavy atom. The van der Waals surface area contributed by atoms with Gasteiger partial charge in [0.05, 0.1) is 0 Å². The summed E-state index contributed by atoms with van der Waals surface area (Å²) in [5.74, 6) is 6.51. The number of nitrogen functional groups attached to an aromatic ring is 2. The zero-order valence-corrected chi connectivity index (χ0v) is 10.0. The van der Waals surface area contributed by atoms with E-state index in [9.17, 15) is 0 Å². The van der Waals surface area contributed by atoms with Crippen molar-refractivity contribution in [2.24, 2.45) is 5.84 Å². The molecule has 0 saturated heterocycles. The van der Waals surface area contributed by atoms with Crippen molar-refractivity contribution in [1.29, 1.82) is 0 Å². The number of hydrogen-bond donors (Lipinski definition) is 4. The minimum absolute atomic E-state index is 0.162. The summed E-state index contributed by atoms with van der Waals surface area (Å²) in [5, 5.41) is 3.13. The van der Waals surface area contributed by atoms with E-state index >= 15 is 0 Å². The van der Waals surface area contributed by atoms with Crippen LogP contribution >= 0.6 is 0 Å². The molecule has 0 aliphatic heterocycles. The Morgan fingerprint density at radius 1 is 1.22 bits per heavy atom. The lowest BCUT2D eigenvalue weighted by atomic mass is 10.2. The molecule has 0 aromatic carbocycles. The monoisotopic (exact) mass is 245 g/mol. The van der Waals surface area contributed by atoms with Gasteiger partial charge in [0.15, 0.2) is 0 Å². The molecule has 18 heavy (non-hydrogen) atoms. The van der Waals surface area contributed by atoms with E-state index in [2.05, 4.69) is 25.7 Å². The van der Waals surface area contributed by atoms with Gasteiger partial charge in [-0.05, 0) is 18.6 Å². The van der Waals surface area contributed by atoms with Crippen molar-refractivity contribution in [3.8, 4) is 0 Å². The zero-order chi connectivity index (χ0) is 13.0. The Kier molecular flexibility index (Phi) is 3.54. The fourth-order valence-electron chi connectivity index (χ4n) is 1.43. The predicted octanol–water partition coefficient (Wildman–Crippen LogP) is 0.660. The third-order valence-corrected chi connectivity index (χ3v) is 2.34. The Balaban J connectivity index is 2.05. The van der Waals surface area contributed by atoms with Crippen LogP contribution in [-0.2, 0) is 6.54 Å². The number of nitrogens with one attached hydrogen (secondary N) is 2. The number of rotatable bonds is 4. The molecule has 0 radical (unpaired) electrons. The van der Waals surface area contributed by atoms with Crippen LogP contribution in [0.25, 0.3) is 0 Å². The normalized spacial score (nSPS) is 10.1. The first kappa shape index (κ1) is 12.1. The molecule has 7 heteroatoms. The van der Waals surface area contributed by atoms with E-state index in [0.717, 1.165) is 11.3 Å². The van der Waals surface area contributed by atoms with Crippen LogP contribution in [0.4, 0.5) is 17.6 Å². The molecule has 94 valence electrons. The van der Waals surface area contributed by atoms with Crippen molar-refractivity contribution in [3.05, 3.63) is 35.7 Å². The fraction of sp³-hybridized carbons (Fsp3) is 0.182. The molecule has 0 saturated carbocycles. The SMILES string of the molecule is Cc1ccc(CNc2cc(NN)nc(N)n2)cn1. The van der Waals surface area contributed by atoms with E-state index in [-0.39, 0.29) is 5.95 Å². The highest BCUT2D eigenvalue weighted by molar-refractivity contribution is 5.50. The van der Waals surface area contributed by atoms with Gasteiger partial charge in [-0.1, -0.05) is 6.07 Å². The molecule has 0 aliphatic rings. The van der Waals surface area contributed by atoms with E-state index in [1.165, 1.54) is 0 Å². The highest BCUT2D eigenvalue weighted by Gasteiger charge is 2.01. The summed E-state index contributed by atoms with van der Waals surface area (Å²) in [6, 6.07) is 5.64. The Hall–Kier alpha value is -2.41. The van der Waals surface area contributed by atoms with Crippen molar-refractivity contribution in [2.45, 2.75) is 13.5 Å². The number of aromatic nitrogens is 3. The maximum absolute atomic E-state index is 5.55. The molecule has 7 nitrogen and oxygen atoms in total. The van der Waals surface area contributed by atoms with Crippen LogP contribution in [0.15, 0.2) is 24.4 Å². The lowest BCUT2D eigenvalue weighted by Crippen LogP contribution is -2.12. The topological polar surface area (TPSA) is 115 Å². The van der Waals surface area contributed by atoms with Crippen LogP contribution < -0.4 is 22.3 Å². The first-order chi connectivity index (χ1) is 8.67. The van der Waals surface area contributed by atoms with E-state index in [1.807, 2.05) is 25.3 Å². The van der Waals surface area contributed by atoms with Crippen LogP contribution in [0.1, 0.15) is 11.3 Å². The molecular weight excluding hydrogens is 230 g/mol. The predicted molar refractivity (Wildman–Crippen MR) is 70.6 cm³/mol. The van der Waals surface area contributed by atoms with Crippen LogP contribution in [0.5, 0.6) is 0 Å². The Bertz CT molecular complexity index is 523. The van der Waals surface area contributed by atoms with Crippen LogP contribution in [0, 0.1) is 6.92 Å². The molecule has 0 atom stereocenters. The average Bonchev–Trinajstić information content (AvgIpc) is 2.37. The fourth-order valence-corrected chi connectivity index (χ4v) is 1.43. The van der Waals surface area contributed by atoms with Gasteiger partial charge < -0.3 is 16.5 Å². The molecule has 6 N–H and O–H groups in total. The standard InChI is InChI=1S/C11H15N7/c1-7-2-3-8(5-14-7)6-15-9-4-10(18-13)17-11(12)16-9/h2-5H,6,13H2,1H3,(H4,12,15,16,17,18). The van der Waals surface area contributed by atoms with Crippen molar-refractivity contribution in [2.75, 3.05) is 16.5 Å². The second-order valence-electron chi connectivity index (χ2n) is 3.80. The van der Waals surface area contributed by atoms with E-state index in [4.69, 9.17) is 11.6 Å². The van der Waals surface area contributed by atoms with Crippen molar-refractivity contribution < 1.29 is 0 Å². The van der Waals surface area contributed by atoms with Crippen LogP contribution in [0.2, 0.25) is 0 Å². The quantitative estimate of drug-likeness (QED) is 0.462. The number of nitrogens with two attached hydrogens (primary N) is 2. The van der Waals surface area contributed by atoms with Gasteiger partial charge in [-0.15, -0.1) is 0 Å². The van der Waals surface area contributed by atoms with Gasteiger partial charge in [-0.3, -0.25) is 4.98 Å². The minimum Gasteiger partial charge on any atom is -0.368 e. The van der Waals surface area contributed by atoms with Gasteiger partial charge in [0.2, 0.25) is 5.95 Å². The maximum Gasteiger partial charge on any atom is 0.223 e. The smallest absolute Gasteiger partial charge is 0.223 e. The third kappa shape index (κ3) is 3.05. The summed E-state index contributed by atoms with van der Waals surface area (Å²) in [6.45, 7) is 2.55. The summed E-state index contributed by atoms with van der Waals surface area (Å²) in [4.78, 5) is 12.2. The summed E-state index contributed by atoms with van der Waals surface area (Å²) >= 11 is 0. The number of hydrazine groups is 1. The Labute approximate surface area is 105 Å². The van der Waals surface area contributed by atoms with Crippen LogP contribution in [-0.4, -0.2) is 15.0 Å². The first-order valence-corrected chi connectivity index (χ1v) is 5.44. The van der Waals surface area contributed by atoms with Crippen LogP contribution in [0.3, 0.4) is 0 Å². The number of pyridine rings is 1. The first-order valence-electron chi connectivity index (χ1n) is 5.44. The summed E-state index contributed by atoms with van der Waals surface area (Å²) < 4.78 is 0. The van der Waals surface area contributed by atoms with Gasteiger partial charge in [0.25, 0.3) is 0 Å². The van der Waals surface area contributed by atoms with Gasteiger partial charge >= 0.3 is 0 Å². The van der Waals surface area contributed by atoms with Gasteiger partial charge in [-0.2, -0.15) is 9.97 Å². The van der Waals surface area contributed by atoms with Crippen molar-refractivity contribution >= 4 is 17.6 Å². The zero-order valence-electron chi connectivity index (χ0n) is 10.0. The van der Waals surface area contributed by atoms with E-state index < -0.39 is 0 Å². The molecule has 2 aromatic rings. The highest BCUT2D eigenvalue weighted by Crippen LogP contribution is 2.12. The number of hydrogen-bond acceptors (Lipinski definition) is 7. The average molecular weight is 245 g/mol. The number of aryl methyl sites for hydroxylation is 1. The Morgan fingerprint density at radius 3 is 2.67 bits per heavy atom. The molecule has 0 spiro atoms. The summed E-state index contributed by atoms with van der Waals surface area (Å²) in [7, 11) is 0. The third-order valence-electron chi connectivity index (χ3n) is 2.34. The van der Waals surface area contributed by atoms with E-state index in [1.54, 1.807) is 6.07 Å². The second kappa shape index (κ2) is 5.28. The maximum atomic E-state index is 5.55. The highest BCUT2D eigenvalue weighted by atomic mass is 15.3. The summed E-state index contributed by atoms with van der Waals surface area (Å²) in [5.41, 5.74) is 10.0. The lowest BCUT2D eigenvalue weighted by Gasteiger charge is -2.08. The lowest BCUT2D eigenvalue weighted by molar-refractivity contribution is 1.05. The molecule has 0 fully saturated rings. The molecule has 0 aliphatic carbocycles. The largest absolute Gasteiger partial charge is 0.368 e. The molecular formula is C11H15N7. The number of anilines is 3. The molecule has 0 amide bonds. The van der Waals surface area contributed by atoms with E-state index in [0.29, 0.717) is 18.2 Å². The minimum atomic E-state index is 0.162. The molecule has 2 heterocycles. The van der Waals surface area contributed by atoms with Gasteiger partial charge in [0.1, 0.15) is 11.6 Å². The van der Waals surface area contributed by atoms with Crippen molar-refractivity contribution in [3.63, 3.8) is 0 Å². The van der Waals surface area contributed by atoms with Gasteiger partial charge in [-0.25, -0.2) is 5.84 Å². The number of nitrogens with zero attached hydrogens (tertiary/aromatic N) is 3. The second-order valence-corrected chi connectivity index (χ2v) is 3.80. The molecule has 0 unspecified atom stereocenters. The molecule has 2 rings (SSSR count). The molecule has 2 aromatic heterocycles. The molecule has 0 bridgehead atoms.